The molecule has 0 unspecified atom stereocenters. The van der Waals surface area contributed by atoms with Gasteiger partial charge in [-0.15, -0.1) is 0 Å². The first kappa shape index (κ1) is 15.7. The predicted octanol–water partition coefficient (Wildman–Crippen LogP) is 0.0918. The zero-order valence-electron chi connectivity index (χ0n) is 12.1. The van der Waals surface area contributed by atoms with E-state index < -0.39 is 17.1 Å². The molecule has 0 saturated carbocycles. The van der Waals surface area contributed by atoms with Crippen LogP contribution in [0.5, 0.6) is 5.88 Å². The maximum Gasteiger partial charge on any atom is 0.331 e. The van der Waals surface area contributed by atoms with E-state index in [9.17, 15) is 14.7 Å². The Morgan fingerprint density at radius 2 is 1.95 bits per heavy atom. The van der Waals surface area contributed by atoms with E-state index in [4.69, 9.17) is 5.11 Å². The number of aromatic nitrogens is 2. The Morgan fingerprint density at radius 3 is 2.59 bits per heavy atom. The first-order chi connectivity index (χ1) is 10.5. The minimum Gasteiger partial charge on any atom is -0.494 e. The monoisotopic (exact) mass is 303 g/mol. The van der Waals surface area contributed by atoms with Crippen LogP contribution in [-0.2, 0) is 6.54 Å². The second kappa shape index (κ2) is 6.86. The van der Waals surface area contributed by atoms with Crippen LogP contribution in [0.1, 0.15) is 18.1 Å². The summed E-state index contributed by atoms with van der Waals surface area (Å²) in [6.45, 7) is 1.61. The van der Waals surface area contributed by atoms with E-state index in [1.165, 1.54) is 6.92 Å². The minimum atomic E-state index is -0.703. The second-order valence-electron chi connectivity index (χ2n) is 4.72. The molecule has 2 aromatic rings. The minimum absolute atomic E-state index is 0.0658. The van der Waals surface area contributed by atoms with Gasteiger partial charge < -0.3 is 10.2 Å². The fourth-order valence-electron chi connectivity index (χ4n) is 2.10. The lowest BCUT2D eigenvalue weighted by atomic mass is 10.2. The highest BCUT2D eigenvalue weighted by molar-refractivity contribution is 6.00. The summed E-state index contributed by atoms with van der Waals surface area (Å²) in [5, 5.41) is 19.1. The SMILES string of the molecule is CC(=NCCO)c1c(O)n(Cc2ccccc2)c(=O)[nH]c1=O. The Hall–Kier alpha value is -2.67. The fraction of sp³-hybridized carbons (Fsp3) is 0.267. The molecule has 22 heavy (non-hydrogen) atoms. The smallest absolute Gasteiger partial charge is 0.331 e. The number of hydrogen-bond acceptors (Lipinski definition) is 5. The predicted molar refractivity (Wildman–Crippen MR) is 82.7 cm³/mol. The van der Waals surface area contributed by atoms with Crippen LogP contribution in [-0.4, -0.2) is 38.6 Å². The molecule has 0 aliphatic rings. The molecular weight excluding hydrogens is 286 g/mol. The molecule has 0 radical (unpaired) electrons. The van der Waals surface area contributed by atoms with Gasteiger partial charge in [0.05, 0.1) is 19.7 Å². The van der Waals surface area contributed by atoms with E-state index in [0.717, 1.165) is 10.1 Å². The summed E-state index contributed by atoms with van der Waals surface area (Å²) in [5.74, 6) is -0.434. The molecule has 0 spiro atoms. The molecule has 0 atom stereocenters. The molecule has 7 heteroatoms. The number of nitrogens with one attached hydrogen (secondary N) is 1. The molecule has 3 N–H and O–H groups in total. The van der Waals surface area contributed by atoms with E-state index >= 15 is 0 Å². The van der Waals surface area contributed by atoms with E-state index in [1.807, 2.05) is 30.3 Å². The maximum absolute atomic E-state index is 11.9. The zero-order valence-corrected chi connectivity index (χ0v) is 12.1. The number of hydrogen-bond donors (Lipinski definition) is 3. The second-order valence-corrected chi connectivity index (χ2v) is 4.72. The lowest BCUT2D eigenvalue weighted by Gasteiger charge is -2.11. The Bertz CT molecular complexity index is 791. The molecule has 0 aliphatic heterocycles. The van der Waals surface area contributed by atoms with Crippen molar-refractivity contribution >= 4 is 5.71 Å². The highest BCUT2D eigenvalue weighted by atomic mass is 16.3. The van der Waals surface area contributed by atoms with Gasteiger partial charge in [0.2, 0.25) is 5.88 Å². The van der Waals surface area contributed by atoms with Crippen LogP contribution in [0.3, 0.4) is 0 Å². The van der Waals surface area contributed by atoms with Gasteiger partial charge in [-0.2, -0.15) is 0 Å². The molecular formula is C15H17N3O4. The summed E-state index contributed by atoms with van der Waals surface area (Å²) >= 11 is 0. The van der Waals surface area contributed by atoms with Gasteiger partial charge in [-0.25, -0.2) is 4.79 Å². The van der Waals surface area contributed by atoms with Crippen molar-refractivity contribution < 1.29 is 10.2 Å². The van der Waals surface area contributed by atoms with E-state index in [-0.39, 0.29) is 31.0 Å². The topological polar surface area (TPSA) is 108 Å². The average molecular weight is 303 g/mol. The Labute approximate surface area is 126 Å². The number of aromatic amines is 1. The van der Waals surface area contributed by atoms with E-state index in [1.54, 1.807) is 0 Å². The number of aliphatic imine (C=N–C) groups is 1. The van der Waals surface area contributed by atoms with Gasteiger partial charge in [-0.1, -0.05) is 30.3 Å². The van der Waals surface area contributed by atoms with Gasteiger partial charge in [0.15, 0.2) is 0 Å². The van der Waals surface area contributed by atoms with Crippen LogP contribution in [0.2, 0.25) is 0 Å². The van der Waals surface area contributed by atoms with Gasteiger partial charge in [0.1, 0.15) is 5.56 Å². The molecule has 0 saturated heterocycles. The van der Waals surface area contributed by atoms with Crippen LogP contribution in [0, 0.1) is 0 Å². The van der Waals surface area contributed by atoms with Crippen molar-refractivity contribution in [2.45, 2.75) is 13.5 Å². The van der Waals surface area contributed by atoms with Crippen LogP contribution in [0.25, 0.3) is 0 Å². The van der Waals surface area contributed by atoms with Gasteiger partial charge in [0, 0.05) is 5.71 Å². The highest BCUT2D eigenvalue weighted by Crippen LogP contribution is 2.13. The maximum atomic E-state index is 11.9. The van der Waals surface area contributed by atoms with E-state index in [2.05, 4.69) is 9.98 Å². The Kier molecular flexibility index (Phi) is 4.90. The van der Waals surface area contributed by atoms with Crippen molar-refractivity contribution in [3.63, 3.8) is 0 Å². The Morgan fingerprint density at radius 1 is 1.27 bits per heavy atom. The molecule has 1 aromatic heterocycles. The van der Waals surface area contributed by atoms with Gasteiger partial charge in [-0.05, 0) is 12.5 Å². The van der Waals surface area contributed by atoms with Crippen LogP contribution >= 0.6 is 0 Å². The van der Waals surface area contributed by atoms with Gasteiger partial charge in [-0.3, -0.25) is 19.3 Å². The summed E-state index contributed by atoms with van der Waals surface area (Å²) in [6, 6.07) is 9.10. The third-order valence-corrected chi connectivity index (χ3v) is 3.17. The van der Waals surface area contributed by atoms with Crippen molar-refractivity contribution in [1.82, 2.24) is 9.55 Å². The molecule has 1 heterocycles. The van der Waals surface area contributed by atoms with Crippen molar-refractivity contribution in [1.29, 1.82) is 0 Å². The normalized spacial score (nSPS) is 11.6. The van der Waals surface area contributed by atoms with E-state index in [0.29, 0.717) is 0 Å². The summed E-state index contributed by atoms with van der Waals surface area (Å²) in [4.78, 5) is 30.0. The zero-order chi connectivity index (χ0) is 16.1. The number of aliphatic hydroxyl groups excluding tert-OH is 1. The number of H-pyrrole nitrogens is 1. The van der Waals surface area contributed by atoms with Crippen molar-refractivity contribution in [3.8, 4) is 5.88 Å². The molecule has 7 nitrogen and oxygen atoms in total. The van der Waals surface area contributed by atoms with Crippen molar-refractivity contribution in [2.24, 2.45) is 4.99 Å². The Balaban J connectivity index is 2.52. The summed E-state index contributed by atoms with van der Waals surface area (Å²) < 4.78 is 1.07. The summed E-state index contributed by atoms with van der Waals surface area (Å²) in [5.41, 5.74) is -0.391. The van der Waals surface area contributed by atoms with Gasteiger partial charge in [0.25, 0.3) is 5.56 Å². The first-order valence-corrected chi connectivity index (χ1v) is 6.77. The summed E-state index contributed by atoms with van der Waals surface area (Å²) in [7, 11) is 0. The molecule has 1 aromatic carbocycles. The quantitative estimate of drug-likeness (QED) is 0.680. The third-order valence-electron chi connectivity index (χ3n) is 3.17. The summed E-state index contributed by atoms with van der Waals surface area (Å²) in [6.07, 6.45) is 0. The first-order valence-electron chi connectivity index (χ1n) is 6.77. The molecule has 2 rings (SSSR count). The van der Waals surface area contributed by atoms with Crippen LogP contribution < -0.4 is 11.2 Å². The van der Waals surface area contributed by atoms with Crippen molar-refractivity contribution in [2.75, 3.05) is 13.2 Å². The average Bonchev–Trinajstić information content (AvgIpc) is 2.50. The fourth-order valence-corrected chi connectivity index (χ4v) is 2.10. The number of benzene rings is 1. The number of rotatable bonds is 5. The molecule has 116 valence electrons. The van der Waals surface area contributed by atoms with Crippen LogP contribution in [0.15, 0.2) is 44.9 Å². The van der Waals surface area contributed by atoms with Gasteiger partial charge >= 0.3 is 5.69 Å². The largest absolute Gasteiger partial charge is 0.494 e. The number of aliphatic hydroxyl groups is 1. The molecule has 0 amide bonds. The molecule has 0 aliphatic carbocycles. The number of aromatic hydroxyl groups is 1. The standard InChI is InChI=1S/C15H17N3O4/c1-10(16-7-8-19)12-13(20)17-15(22)18(14(12)21)9-11-5-3-2-4-6-11/h2-6,19,21H,7-9H2,1H3,(H,17,20,22). The lowest BCUT2D eigenvalue weighted by Crippen LogP contribution is -2.34. The molecule has 0 bridgehead atoms. The van der Waals surface area contributed by atoms with Crippen LogP contribution in [0.4, 0.5) is 0 Å². The van der Waals surface area contributed by atoms with Crippen molar-refractivity contribution in [3.05, 3.63) is 62.3 Å². The molecule has 0 fully saturated rings. The highest BCUT2D eigenvalue weighted by Gasteiger charge is 2.16. The lowest BCUT2D eigenvalue weighted by molar-refractivity contribution is 0.307. The number of nitrogens with zero attached hydrogens (tertiary/aromatic N) is 2. The third kappa shape index (κ3) is 3.32.